The lowest BCUT2D eigenvalue weighted by Crippen LogP contribution is -2.39. The van der Waals surface area contributed by atoms with Crippen LogP contribution in [0.15, 0.2) is 45.6 Å². The minimum Gasteiger partial charge on any atom is -0.497 e. The molecule has 1 fully saturated rings. The largest absolute Gasteiger partial charge is 0.497 e. The number of esters is 1. The number of fused-ring (bicyclic) bond motifs is 1. The smallest absolute Gasteiger partial charge is 0.338 e. The SMILES string of the molecule is CCC1=C(C(=O)OC)[C@@H](c2cc(OC)cc(OC)c2)N2C(CC(=O)NC[C@H]3CCCO3)=CSC2=N1. The van der Waals surface area contributed by atoms with E-state index in [0.717, 1.165) is 30.7 Å². The molecule has 1 N–H and O–H groups in total. The third-order valence-electron chi connectivity index (χ3n) is 6.21. The predicted molar refractivity (Wildman–Crippen MR) is 133 cm³/mol. The number of benzene rings is 1. The van der Waals surface area contributed by atoms with Crippen LogP contribution in [0.3, 0.4) is 0 Å². The van der Waals surface area contributed by atoms with E-state index < -0.39 is 12.0 Å². The van der Waals surface area contributed by atoms with Crippen molar-refractivity contribution in [3.63, 3.8) is 0 Å². The normalized spacial score (nSPS) is 21.3. The number of carbonyl (C=O) groups is 2. The average Bonchev–Trinajstić information content (AvgIpc) is 3.55. The lowest BCUT2D eigenvalue weighted by atomic mass is 9.92. The zero-order chi connectivity index (χ0) is 24.9. The van der Waals surface area contributed by atoms with E-state index in [2.05, 4.69) is 5.32 Å². The molecule has 0 unspecified atom stereocenters. The van der Waals surface area contributed by atoms with E-state index in [0.29, 0.717) is 40.9 Å². The number of rotatable bonds is 9. The molecule has 1 amide bonds. The molecule has 2 atom stereocenters. The van der Waals surface area contributed by atoms with Crippen LogP contribution in [0.1, 0.15) is 44.2 Å². The van der Waals surface area contributed by atoms with Crippen LogP contribution in [-0.4, -0.2) is 62.5 Å². The van der Waals surface area contributed by atoms with Gasteiger partial charge in [-0.3, -0.25) is 4.79 Å². The Morgan fingerprint density at radius 1 is 1.20 bits per heavy atom. The lowest BCUT2D eigenvalue weighted by molar-refractivity contribution is -0.136. The zero-order valence-corrected chi connectivity index (χ0v) is 21.3. The summed E-state index contributed by atoms with van der Waals surface area (Å²) in [6, 6.07) is 4.95. The van der Waals surface area contributed by atoms with E-state index in [1.54, 1.807) is 20.3 Å². The first-order chi connectivity index (χ1) is 17.0. The molecular formula is C25H31N3O6S. The summed E-state index contributed by atoms with van der Waals surface area (Å²) in [5.74, 6) is 0.616. The van der Waals surface area contributed by atoms with Gasteiger partial charge in [0.25, 0.3) is 0 Å². The summed E-state index contributed by atoms with van der Waals surface area (Å²) < 4.78 is 21.8. The highest BCUT2D eigenvalue weighted by Crippen LogP contribution is 2.46. The van der Waals surface area contributed by atoms with Gasteiger partial charge in [-0.15, -0.1) is 0 Å². The monoisotopic (exact) mass is 501 g/mol. The minimum atomic E-state index is -0.555. The van der Waals surface area contributed by atoms with Gasteiger partial charge < -0.3 is 29.2 Å². The average molecular weight is 502 g/mol. The Morgan fingerprint density at radius 2 is 1.94 bits per heavy atom. The number of nitrogens with zero attached hydrogens (tertiary/aromatic N) is 2. The molecule has 10 heteroatoms. The van der Waals surface area contributed by atoms with Gasteiger partial charge in [0.15, 0.2) is 5.17 Å². The second-order valence-corrected chi connectivity index (χ2v) is 9.20. The molecule has 1 aromatic rings. The highest BCUT2D eigenvalue weighted by molar-refractivity contribution is 8.16. The lowest BCUT2D eigenvalue weighted by Gasteiger charge is -2.36. The number of hydrogen-bond donors (Lipinski definition) is 1. The van der Waals surface area contributed by atoms with Gasteiger partial charge in [0.05, 0.1) is 51.2 Å². The van der Waals surface area contributed by atoms with Crippen molar-refractivity contribution in [2.45, 2.75) is 44.8 Å². The van der Waals surface area contributed by atoms with Crippen LogP contribution in [0.5, 0.6) is 11.5 Å². The van der Waals surface area contributed by atoms with E-state index in [1.165, 1.54) is 18.9 Å². The van der Waals surface area contributed by atoms with Crippen molar-refractivity contribution in [2.24, 2.45) is 4.99 Å². The molecule has 3 aliphatic heterocycles. The van der Waals surface area contributed by atoms with Gasteiger partial charge in [0.2, 0.25) is 5.91 Å². The molecule has 3 aliphatic rings. The fourth-order valence-corrected chi connectivity index (χ4v) is 5.41. The first-order valence-corrected chi connectivity index (χ1v) is 12.5. The topological polar surface area (TPSA) is 98.7 Å². The van der Waals surface area contributed by atoms with Crippen molar-refractivity contribution in [1.29, 1.82) is 0 Å². The molecule has 9 nitrogen and oxygen atoms in total. The molecular weight excluding hydrogens is 470 g/mol. The van der Waals surface area contributed by atoms with E-state index in [1.807, 2.05) is 29.4 Å². The van der Waals surface area contributed by atoms with Gasteiger partial charge in [-0.1, -0.05) is 18.7 Å². The Bertz CT molecular complexity index is 1050. The second kappa shape index (κ2) is 11.2. The predicted octanol–water partition coefficient (Wildman–Crippen LogP) is 3.53. The first kappa shape index (κ1) is 25.1. The Balaban J connectivity index is 1.69. The van der Waals surface area contributed by atoms with E-state index >= 15 is 0 Å². The number of amidine groups is 1. The molecule has 35 heavy (non-hydrogen) atoms. The Morgan fingerprint density at radius 3 is 2.54 bits per heavy atom. The standard InChI is InChI=1S/C25H31N3O6S/c1-5-20-22(24(30)33-4)23(15-9-18(31-2)12-19(10-15)32-3)28-16(14-35-25(28)27-20)11-21(29)26-13-17-7-6-8-34-17/h9-10,12,14,17,23H,5-8,11,13H2,1-4H3,(H,26,29)/t17-,23-/m1/s1. The van der Waals surface area contributed by atoms with Gasteiger partial charge >= 0.3 is 5.97 Å². The zero-order valence-electron chi connectivity index (χ0n) is 20.5. The molecule has 0 saturated carbocycles. The number of allylic oxidation sites excluding steroid dienone is 1. The van der Waals surface area contributed by atoms with Crippen LogP contribution in [-0.2, 0) is 19.1 Å². The van der Waals surface area contributed by atoms with Gasteiger partial charge in [0, 0.05) is 24.9 Å². The van der Waals surface area contributed by atoms with E-state index in [9.17, 15) is 9.59 Å². The first-order valence-electron chi connectivity index (χ1n) is 11.6. The fraction of sp³-hybridized carbons (Fsp3) is 0.480. The minimum absolute atomic E-state index is 0.0657. The summed E-state index contributed by atoms with van der Waals surface area (Å²) >= 11 is 1.44. The molecule has 0 spiro atoms. The van der Waals surface area contributed by atoms with Crippen molar-refractivity contribution in [1.82, 2.24) is 10.2 Å². The number of aliphatic imine (C=N–C) groups is 1. The van der Waals surface area contributed by atoms with Gasteiger partial charge in [-0.2, -0.15) is 0 Å². The van der Waals surface area contributed by atoms with E-state index in [-0.39, 0.29) is 18.4 Å². The Hall–Kier alpha value is -2.98. The maximum atomic E-state index is 13.0. The van der Waals surface area contributed by atoms with Gasteiger partial charge in [-0.25, -0.2) is 9.79 Å². The number of thioether (sulfide) groups is 1. The second-order valence-electron chi connectivity index (χ2n) is 8.36. The van der Waals surface area contributed by atoms with Crippen molar-refractivity contribution < 1.29 is 28.5 Å². The quantitative estimate of drug-likeness (QED) is 0.513. The van der Waals surface area contributed by atoms with Crippen LogP contribution in [0.4, 0.5) is 0 Å². The van der Waals surface area contributed by atoms with E-state index in [4.69, 9.17) is 23.9 Å². The molecule has 1 saturated heterocycles. The van der Waals surface area contributed by atoms with Gasteiger partial charge in [0.1, 0.15) is 11.5 Å². The number of hydrogen-bond acceptors (Lipinski definition) is 9. The number of methoxy groups -OCH3 is 3. The third-order valence-corrected chi connectivity index (χ3v) is 7.10. The van der Waals surface area contributed by atoms with Crippen molar-refractivity contribution in [2.75, 3.05) is 34.5 Å². The van der Waals surface area contributed by atoms with Crippen LogP contribution < -0.4 is 14.8 Å². The molecule has 4 rings (SSSR count). The third kappa shape index (κ3) is 5.33. The highest BCUT2D eigenvalue weighted by atomic mass is 32.2. The number of carbonyl (C=O) groups excluding carboxylic acids is 2. The fourth-order valence-electron chi connectivity index (χ4n) is 4.48. The molecule has 3 heterocycles. The number of nitrogens with one attached hydrogen (secondary N) is 1. The Labute approximate surface area is 209 Å². The van der Waals surface area contributed by atoms with Gasteiger partial charge in [-0.05, 0) is 42.4 Å². The van der Waals surface area contributed by atoms with Crippen molar-refractivity contribution in [3.05, 3.63) is 46.1 Å². The molecule has 0 radical (unpaired) electrons. The Kier molecular flexibility index (Phi) is 8.02. The summed E-state index contributed by atoms with van der Waals surface area (Å²) in [6.45, 7) is 3.18. The summed E-state index contributed by atoms with van der Waals surface area (Å²) in [6.07, 6.45) is 2.73. The molecule has 0 aromatic heterocycles. The number of amides is 1. The van der Waals surface area contributed by atoms with Crippen LogP contribution in [0.25, 0.3) is 0 Å². The van der Waals surface area contributed by atoms with Crippen LogP contribution in [0, 0.1) is 0 Å². The van der Waals surface area contributed by atoms with Crippen LogP contribution in [0.2, 0.25) is 0 Å². The number of ether oxygens (including phenoxy) is 4. The summed E-state index contributed by atoms with van der Waals surface area (Å²) in [5.41, 5.74) is 2.61. The summed E-state index contributed by atoms with van der Waals surface area (Å²) in [7, 11) is 4.52. The molecule has 0 bridgehead atoms. The maximum Gasteiger partial charge on any atom is 0.338 e. The van der Waals surface area contributed by atoms with Crippen molar-refractivity contribution in [3.8, 4) is 11.5 Å². The molecule has 1 aromatic carbocycles. The highest BCUT2D eigenvalue weighted by Gasteiger charge is 2.42. The maximum absolute atomic E-state index is 13.0. The molecule has 0 aliphatic carbocycles. The summed E-state index contributed by atoms with van der Waals surface area (Å²) in [5, 5.41) is 5.61. The summed E-state index contributed by atoms with van der Waals surface area (Å²) in [4.78, 5) is 32.6. The molecule has 188 valence electrons. The van der Waals surface area contributed by atoms with Crippen LogP contribution >= 0.6 is 11.8 Å². The van der Waals surface area contributed by atoms with Crippen molar-refractivity contribution >= 4 is 28.8 Å².